The minimum Gasteiger partial charge on any atom is -0.457 e. The number of hydrogen-bond acceptors (Lipinski definition) is 3. The van der Waals surface area contributed by atoms with E-state index in [1.165, 1.54) is 0 Å². The van der Waals surface area contributed by atoms with Crippen LogP contribution in [0.2, 0.25) is 5.02 Å². The highest BCUT2D eigenvalue weighted by atomic mass is 35.5. The van der Waals surface area contributed by atoms with Crippen molar-refractivity contribution in [1.29, 1.82) is 0 Å². The topological polar surface area (TPSA) is 35.2 Å². The van der Waals surface area contributed by atoms with Gasteiger partial charge in [0.05, 0.1) is 5.02 Å². The van der Waals surface area contributed by atoms with E-state index < -0.39 is 0 Å². The number of halogens is 1. The van der Waals surface area contributed by atoms with Crippen LogP contribution in [0.1, 0.15) is 12.5 Å². The summed E-state index contributed by atoms with van der Waals surface area (Å²) in [5.41, 5.74) is 6.64. The first-order chi connectivity index (χ1) is 9.22. The molecular formula is C15H16ClNOS. The Balaban J connectivity index is 2.11. The van der Waals surface area contributed by atoms with Crippen LogP contribution in [-0.4, -0.2) is 5.75 Å². The molecule has 0 unspecified atom stereocenters. The zero-order valence-electron chi connectivity index (χ0n) is 10.7. The average Bonchev–Trinajstić information content (AvgIpc) is 2.43. The van der Waals surface area contributed by atoms with Gasteiger partial charge in [0.2, 0.25) is 0 Å². The van der Waals surface area contributed by atoms with Crippen LogP contribution in [0.4, 0.5) is 0 Å². The van der Waals surface area contributed by atoms with Crippen molar-refractivity contribution in [2.75, 3.05) is 5.75 Å². The van der Waals surface area contributed by atoms with Gasteiger partial charge in [-0.25, -0.2) is 0 Å². The lowest BCUT2D eigenvalue weighted by atomic mass is 10.2. The summed E-state index contributed by atoms with van der Waals surface area (Å²) in [6.07, 6.45) is 0. The molecule has 0 atom stereocenters. The molecule has 2 aromatic carbocycles. The van der Waals surface area contributed by atoms with E-state index in [9.17, 15) is 0 Å². The van der Waals surface area contributed by atoms with Crippen molar-refractivity contribution in [3.63, 3.8) is 0 Å². The highest BCUT2D eigenvalue weighted by Crippen LogP contribution is 2.32. The molecule has 2 aromatic rings. The Morgan fingerprint density at radius 2 is 1.79 bits per heavy atom. The van der Waals surface area contributed by atoms with Crippen LogP contribution < -0.4 is 10.5 Å². The Morgan fingerprint density at radius 1 is 1.11 bits per heavy atom. The standard InChI is InChI=1S/C15H16ClNOS/c1-2-19-15-8-7-13(9-14(15)16)18-12-5-3-11(10-17)4-6-12/h3-9H,2,10,17H2,1H3. The van der Waals surface area contributed by atoms with Gasteiger partial charge in [-0.05, 0) is 35.6 Å². The van der Waals surface area contributed by atoms with Gasteiger partial charge in [0.25, 0.3) is 0 Å². The molecule has 0 saturated heterocycles. The van der Waals surface area contributed by atoms with Crippen molar-refractivity contribution in [3.05, 3.63) is 53.1 Å². The van der Waals surface area contributed by atoms with E-state index in [2.05, 4.69) is 6.92 Å². The van der Waals surface area contributed by atoms with Gasteiger partial charge >= 0.3 is 0 Å². The minimum absolute atomic E-state index is 0.537. The second kappa shape index (κ2) is 6.85. The van der Waals surface area contributed by atoms with Gasteiger partial charge in [0.15, 0.2) is 0 Å². The minimum atomic E-state index is 0.537. The first-order valence-corrected chi connectivity index (χ1v) is 7.48. The van der Waals surface area contributed by atoms with Gasteiger partial charge in [-0.15, -0.1) is 11.8 Å². The van der Waals surface area contributed by atoms with Crippen LogP contribution in [0.25, 0.3) is 0 Å². The Hall–Kier alpha value is -1.16. The molecule has 2 rings (SSSR count). The summed E-state index contributed by atoms with van der Waals surface area (Å²) in [5.74, 6) is 2.52. The summed E-state index contributed by atoms with van der Waals surface area (Å²) in [5, 5.41) is 0.725. The third-order valence-corrected chi connectivity index (χ3v) is 3.98. The Kier molecular flexibility index (Phi) is 5.14. The molecule has 19 heavy (non-hydrogen) atoms. The van der Waals surface area contributed by atoms with Gasteiger partial charge in [-0.2, -0.15) is 0 Å². The fourth-order valence-electron chi connectivity index (χ4n) is 1.65. The number of rotatable bonds is 5. The third-order valence-electron chi connectivity index (χ3n) is 2.60. The Bertz CT molecular complexity index is 542. The lowest BCUT2D eigenvalue weighted by Gasteiger charge is -2.08. The molecule has 0 aliphatic rings. The fraction of sp³-hybridized carbons (Fsp3) is 0.200. The maximum atomic E-state index is 6.20. The van der Waals surface area contributed by atoms with E-state index in [1.54, 1.807) is 11.8 Å². The zero-order chi connectivity index (χ0) is 13.7. The Morgan fingerprint density at radius 3 is 2.37 bits per heavy atom. The molecule has 0 radical (unpaired) electrons. The maximum Gasteiger partial charge on any atom is 0.128 e. The van der Waals surface area contributed by atoms with Crippen LogP contribution in [0.3, 0.4) is 0 Å². The van der Waals surface area contributed by atoms with Crippen LogP contribution in [-0.2, 0) is 6.54 Å². The molecule has 100 valence electrons. The summed E-state index contributed by atoms with van der Waals surface area (Å²) in [6, 6.07) is 13.5. The average molecular weight is 294 g/mol. The molecule has 0 saturated carbocycles. The lowest BCUT2D eigenvalue weighted by molar-refractivity contribution is 0.482. The van der Waals surface area contributed by atoms with Crippen molar-refractivity contribution in [2.24, 2.45) is 5.73 Å². The summed E-state index contributed by atoms with van der Waals surface area (Å²) in [7, 11) is 0. The van der Waals surface area contributed by atoms with Crippen molar-refractivity contribution < 1.29 is 4.74 Å². The monoisotopic (exact) mass is 293 g/mol. The van der Waals surface area contributed by atoms with Crippen molar-refractivity contribution in [1.82, 2.24) is 0 Å². The molecule has 2 nitrogen and oxygen atoms in total. The zero-order valence-corrected chi connectivity index (χ0v) is 12.3. The molecule has 2 N–H and O–H groups in total. The number of thioether (sulfide) groups is 1. The number of hydrogen-bond donors (Lipinski definition) is 1. The normalized spacial score (nSPS) is 10.5. The first-order valence-electron chi connectivity index (χ1n) is 6.12. The number of benzene rings is 2. The van der Waals surface area contributed by atoms with E-state index in [1.807, 2.05) is 42.5 Å². The number of ether oxygens (including phenoxy) is 1. The van der Waals surface area contributed by atoms with Gasteiger partial charge in [-0.1, -0.05) is 30.7 Å². The molecular weight excluding hydrogens is 278 g/mol. The summed E-state index contributed by atoms with van der Waals surface area (Å²) >= 11 is 7.93. The predicted octanol–water partition coefficient (Wildman–Crippen LogP) is 4.70. The van der Waals surface area contributed by atoms with E-state index in [0.717, 1.165) is 32.7 Å². The third kappa shape index (κ3) is 3.90. The van der Waals surface area contributed by atoms with Crippen LogP contribution in [0.5, 0.6) is 11.5 Å². The summed E-state index contributed by atoms with van der Waals surface area (Å²) < 4.78 is 5.76. The van der Waals surface area contributed by atoms with Crippen molar-refractivity contribution >= 4 is 23.4 Å². The van der Waals surface area contributed by atoms with E-state index >= 15 is 0 Å². The molecule has 0 fully saturated rings. The van der Waals surface area contributed by atoms with E-state index in [4.69, 9.17) is 22.1 Å². The van der Waals surface area contributed by atoms with Crippen LogP contribution in [0.15, 0.2) is 47.4 Å². The molecule has 0 aromatic heterocycles. The van der Waals surface area contributed by atoms with Gasteiger partial charge in [0.1, 0.15) is 11.5 Å². The smallest absolute Gasteiger partial charge is 0.128 e. The predicted molar refractivity (Wildman–Crippen MR) is 82.3 cm³/mol. The summed E-state index contributed by atoms with van der Waals surface area (Å²) in [4.78, 5) is 1.08. The van der Waals surface area contributed by atoms with Gasteiger partial charge < -0.3 is 10.5 Å². The second-order valence-corrected chi connectivity index (χ2v) is 5.69. The second-order valence-electron chi connectivity index (χ2n) is 3.98. The van der Waals surface area contributed by atoms with Gasteiger partial charge in [0, 0.05) is 17.5 Å². The van der Waals surface area contributed by atoms with E-state index in [0.29, 0.717) is 6.54 Å². The maximum absolute atomic E-state index is 6.20. The van der Waals surface area contributed by atoms with E-state index in [-0.39, 0.29) is 0 Å². The largest absolute Gasteiger partial charge is 0.457 e. The first kappa shape index (κ1) is 14.3. The molecule has 0 heterocycles. The molecule has 0 amide bonds. The highest BCUT2D eigenvalue weighted by molar-refractivity contribution is 7.99. The van der Waals surface area contributed by atoms with Gasteiger partial charge in [-0.3, -0.25) is 0 Å². The highest BCUT2D eigenvalue weighted by Gasteiger charge is 2.03. The number of nitrogens with two attached hydrogens (primary N) is 1. The molecule has 0 spiro atoms. The van der Waals surface area contributed by atoms with Crippen molar-refractivity contribution in [2.45, 2.75) is 18.4 Å². The molecule has 0 bridgehead atoms. The fourth-order valence-corrected chi connectivity index (χ4v) is 2.65. The van der Waals surface area contributed by atoms with Crippen LogP contribution >= 0.6 is 23.4 Å². The molecule has 4 heteroatoms. The summed E-state index contributed by atoms with van der Waals surface area (Å²) in [6.45, 7) is 2.64. The molecule has 0 aliphatic heterocycles. The quantitative estimate of drug-likeness (QED) is 0.811. The lowest BCUT2D eigenvalue weighted by Crippen LogP contribution is -1.95. The van der Waals surface area contributed by atoms with Crippen molar-refractivity contribution in [3.8, 4) is 11.5 Å². The SMILES string of the molecule is CCSc1ccc(Oc2ccc(CN)cc2)cc1Cl. The van der Waals surface area contributed by atoms with Crippen LogP contribution in [0, 0.1) is 0 Å². The Labute approximate surface area is 122 Å². The molecule has 0 aliphatic carbocycles.